The van der Waals surface area contributed by atoms with E-state index in [0.29, 0.717) is 5.56 Å². The number of nitrogens with zero attached hydrogens (tertiary/aromatic N) is 2. The van der Waals surface area contributed by atoms with Crippen molar-refractivity contribution in [2.75, 3.05) is 0 Å². The van der Waals surface area contributed by atoms with Gasteiger partial charge >= 0.3 is 6.16 Å². The van der Waals surface area contributed by atoms with E-state index < -0.39 is 17.8 Å². The molecule has 0 saturated heterocycles. The molecule has 3 rings (SSSR count). The van der Waals surface area contributed by atoms with Crippen LogP contribution in [0, 0.1) is 18.6 Å². The number of hydrogen-bond donors (Lipinski definition) is 1. The quantitative estimate of drug-likeness (QED) is 0.698. The predicted molar refractivity (Wildman–Crippen MR) is 84.3 cm³/mol. The fourth-order valence-corrected chi connectivity index (χ4v) is 2.51. The Hall–Kier alpha value is -2.87. The van der Waals surface area contributed by atoms with Crippen molar-refractivity contribution in [1.29, 1.82) is 0 Å². The summed E-state index contributed by atoms with van der Waals surface area (Å²) in [4.78, 5) is 14.8. The molecular formula is C16H11ClF2N2O4. The Labute approximate surface area is 145 Å². The van der Waals surface area contributed by atoms with Crippen LogP contribution in [0.2, 0.25) is 5.15 Å². The van der Waals surface area contributed by atoms with Crippen LogP contribution >= 0.6 is 11.6 Å². The third-order valence-electron chi connectivity index (χ3n) is 3.36. The summed E-state index contributed by atoms with van der Waals surface area (Å²) in [6, 6.07) is 5.09. The van der Waals surface area contributed by atoms with E-state index >= 15 is 0 Å². The Kier molecular flexibility index (Phi) is 4.45. The van der Waals surface area contributed by atoms with Gasteiger partial charge in [0.2, 0.25) is 0 Å². The van der Waals surface area contributed by atoms with Gasteiger partial charge in [-0.15, -0.1) is 0 Å². The first kappa shape index (κ1) is 17.0. The second-order valence-corrected chi connectivity index (χ2v) is 5.50. The van der Waals surface area contributed by atoms with Crippen molar-refractivity contribution in [3.8, 4) is 11.6 Å². The van der Waals surface area contributed by atoms with E-state index in [-0.39, 0.29) is 34.6 Å². The minimum Gasteiger partial charge on any atom is -0.485 e. The number of imidazole rings is 1. The number of rotatable bonds is 4. The number of carbonyl (C=O) groups is 1. The summed E-state index contributed by atoms with van der Waals surface area (Å²) < 4.78 is 38.8. The van der Waals surface area contributed by atoms with Crippen molar-refractivity contribution in [1.82, 2.24) is 9.38 Å². The summed E-state index contributed by atoms with van der Waals surface area (Å²) in [5.74, 6) is -1.50. The molecule has 0 spiro atoms. The number of aryl methyl sites for hydroxylation is 1. The first-order valence-corrected chi connectivity index (χ1v) is 7.39. The normalized spacial score (nSPS) is 10.9. The summed E-state index contributed by atoms with van der Waals surface area (Å²) >= 11 is 5.91. The number of halogens is 3. The van der Waals surface area contributed by atoms with Crippen LogP contribution < -0.4 is 9.47 Å². The number of carboxylic acid groups (broad SMARTS) is 1. The number of hydrogen-bond acceptors (Lipinski definition) is 4. The molecule has 0 aliphatic heterocycles. The van der Waals surface area contributed by atoms with Crippen LogP contribution in [0.3, 0.4) is 0 Å². The highest BCUT2D eigenvalue weighted by Gasteiger charge is 2.19. The third-order valence-corrected chi connectivity index (χ3v) is 3.60. The molecule has 9 heteroatoms. The summed E-state index contributed by atoms with van der Waals surface area (Å²) in [5.41, 5.74) is 0.589. The summed E-state index contributed by atoms with van der Waals surface area (Å²) in [5, 5.41) is 8.60. The van der Waals surface area contributed by atoms with Gasteiger partial charge in [0.15, 0.2) is 16.5 Å². The van der Waals surface area contributed by atoms with Crippen LogP contribution in [0.25, 0.3) is 5.65 Å². The molecule has 1 N–H and O–H groups in total. The first-order chi connectivity index (χ1) is 11.9. The summed E-state index contributed by atoms with van der Waals surface area (Å²) in [6.45, 7) is 1.34. The van der Waals surface area contributed by atoms with Crippen LogP contribution in [0.1, 0.15) is 11.1 Å². The van der Waals surface area contributed by atoms with Crippen LogP contribution in [0.4, 0.5) is 13.6 Å². The molecule has 130 valence electrons. The Balaban J connectivity index is 2.00. The SMILES string of the molecule is Cc1cc(OCc2c(F)cccc2F)c2nc(Cl)c(OC(=O)O)n2c1. The predicted octanol–water partition coefficient (Wildman–Crippen LogP) is 4.21. The summed E-state index contributed by atoms with van der Waals surface area (Å²) in [7, 11) is 0. The van der Waals surface area contributed by atoms with Crippen molar-refractivity contribution in [3.63, 3.8) is 0 Å². The molecule has 0 amide bonds. The number of fused-ring (bicyclic) bond motifs is 1. The lowest BCUT2D eigenvalue weighted by atomic mass is 10.2. The van der Waals surface area contributed by atoms with Gasteiger partial charge in [0.05, 0.1) is 5.56 Å². The molecule has 0 atom stereocenters. The molecule has 6 nitrogen and oxygen atoms in total. The molecule has 0 aliphatic carbocycles. The molecule has 0 saturated carbocycles. The molecular weight excluding hydrogens is 358 g/mol. The van der Waals surface area contributed by atoms with Crippen molar-refractivity contribution >= 4 is 23.4 Å². The average molecular weight is 369 g/mol. The van der Waals surface area contributed by atoms with E-state index in [4.69, 9.17) is 21.4 Å². The molecule has 3 aromatic rings. The molecule has 2 aromatic heterocycles. The fraction of sp³-hybridized carbons (Fsp3) is 0.125. The second kappa shape index (κ2) is 6.56. The van der Waals surface area contributed by atoms with E-state index in [9.17, 15) is 13.6 Å². The van der Waals surface area contributed by atoms with E-state index in [1.807, 2.05) is 0 Å². The number of benzene rings is 1. The van der Waals surface area contributed by atoms with E-state index in [0.717, 1.165) is 12.1 Å². The monoisotopic (exact) mass is 368 g/mol. The Bertz CT molecular complexity index is 954. The second-order valence-electron chi connectivity index (χ2n) is 5.14. The molecule has 25 heavy (non-hydrogen) atoms. The zero-order valence-electron chi connectivity index (χ0n) is 12.8. The van der Waals surface area contributed by atoms with Crippen molar-refractivity contribution in [2.24, 2.45) is 0 Å². The molecule has 1 aromatic carbocycles. The highest BCUT2D eigenvalue weighted by molar-refractivity contribution is 6.31. The molecule has 2 heterocycles. The standard InChI is InChI=1S/C16H11ClF2N2O4/c1-8-5-12(24-7-9-10(18)3-2-4-11(9)19)14-20-13(17)15(21(14)6-8)25-16(22)23/h2-6H,7H2,1H3,(H,22,23). The number of ether oxygens (including phenoxy) is 2. The minimum atomic E-state index is -1.55. The maximum absolute atomic E-state index is 13.7. The highest BCUT2D eigenvalue weighted by atomic mass is 35.5. The fourth-order valence-electron chi connectivity index (χ4n) is 2.30. The zero-order chi connectivity index (χ0) is 18.1. The van der Waals surface area contributed by atoms with E-state index in [2.05, 4.69) is 9.72 Å². The van der Waals surface area contributed by atoms with Gasteiger partial charge in [0, 0.05) is 6.20 Å². The maximum Gasteiger partial charge on any atom is 0.512 e. The van der Waals surface area contributed by atoms with Gasteiger partial charge in [-0.3, -0.25) is 4.40 Å². The van der Waals surface area contributed by atoms with Gasteiger partial charge in [-0.05, 0) is 30.7 Å². The molecule has 0 bridgehead atoms. The van der Waals surface area contributed by atoms with Gasteiger partial charge in [-0.25, -0.2) is 18.6 Å². The lowest BCUT2D eigenvalue weighted by Crippen LogP contribution is -2.06. The summed E-state index contributed by atoms with van der Waals surface area (Å²) in [6.07, 6.45) is -0.00986. The Morgan fingerprint density at radius 3 is 2.68 bits per heavy atom. The Morgan fingerprint density at radius 1 is 1.36 bits per heavy atom. The largest absolute Gasteiger partial charge is 0.512 e. The van der Waals surface area contributed by atoms with Crippen LogP contribution in [-0.2, 0) is 6.61 Å². The van der Waals surface area contributed by atoms with Gasteiger partial charge in [0.25, 0.3) is 5.88 Å². The smallest absolute Gasteiger partial charge is 0.485 e. The van der Waals surface area contributed by atoms with Crippen LogP contribution in [0.5, 0.6) is 11.6 Å². The average Bonchev–Trinajstić information content (AvgIpc) is 2.82. The van der Waals surface area contributed by atoms with Gasteiger partial charge in [0.1, 0.15) is 18.2 Å². The van der Waals surface area contributed by atoms with Crippen molar-refractivity contribution in [2.45, 2.75) is 13.5 Å². The first-order valence-electron chi connectivity index (χ1n) is 7.01. The molecule has 0 unspecified atom stereocenters. The molecule has 0 fully saturated rings. The lowest BCUT2D eigenvalue weighted by molar-refractivity contribution is 0.142. The van der Waals surface area contributed by atoms with Gasteiger partial charge in [-0.1, -0.05) is 17.7 Å². The van der Waals surface area contributed by atoms with Crippen molar-refractivity contribution < 1.29 is 28.2 Å². The molecule has 0 aliphatic rings. The zero-order valence-corrected chi connectivity index (χ0v) is 13.6. The van der Waals surface area contributed by atoms with E-state index in [1.54, 1.807) is 19.2 Å². The number of aromatic nitrogens is 2. The number of pyridine rings is 1. The van der Waals surface area contributed by atoms with Crippen molar-refractivity contribution in [3.05, 3.63) is 58.4 Å². The maximum atomic E-state index is 13.7. The van der Waals surface area contributed by atoms with Gasteiger partial charge in [-0.2, -0.15) is 0 Å². The van der Waals surface area contributed by atoms with E-state index in [1.165, 1.54) is 10.5 Å². The van der Waals surface area contributed by atoms with Crippen LogP contribution in [0.15, 0.2) is 30.5 Å². The van der Waals surface area contributed by atoms with Gasteiger partial charge < -0.3 is 14.6 Å². The highest BCUT2D eigenvalue weighted by Crippen LogP contribution is 2.32. The lowest BCUT2D eigenvalue weighted by Gasteiger charge is -2.10. The third kappa shape index (κ3) is 3.34. The minimum absolute atomic E-state index is 0.156. The topological polar surface area (TPSA) is 73.1 Å². The Morgan fingerprint density at radius 2 is 2.04 bits per heavy atom. The van der Waals surface area contributed by atoms with Crippen LogP contribution in [-0.4, -0.2) is 20.6 Å². The molecule has 0 radical (unpaired) electrons.